The lowest BCUT2D eigenvalue weighted by atomic mass is 10.1. The second kappa shape index (κ2) is 29.3. The molecule has 0 amide bonds. The van der Waals surface area contributed by atoms with E-state index >= 15 is 0 Å². The Morgan fingerprint density at radius 3 is 0.865 bits per heavy atom. The van der Waals surface area contributed by atoms with E-state index in [0.717, 1.165) is 144 Å². The first-order chi connectivity index (χ1) is 62.5. The van der Waals surface area contributed by atoms with E-state index in [9.17, 15) is 0 Å². The summed E-state index contributed by atoms with van der Waals surface area (Å²) in [6, 6.07) is 149. The molecule has 0 atom stereocenters. The third-order valence-corrected chi connectivity index (χ3v) is 24.7. The van der Waals surface area contributed by atoms with Crippen LogP contribution in [-0.2, 0) is 0 Å². The molecule has 12 heteroatoms. The Balaban J connectivity index is 0.000000137. The summed E-state index contributed by atoms with van der Waals surface area (Å²) in [4.78, 5) is 31.0. The summed E-state index contributed by atoms with van der Waals surface area (Å²) in [5.74, 6) is 3.54. The van der Waals surface area contributed by atoms with Gasteiger partial charge in [0.1, 0.15) is 22.3 Å². The van der Waals surface area contributed by atoms with Crippen LogP contribution in [0.1, 0.15) is 0 Å². The van der Waals surface area contributed by atoms with Crippen molar-refractivity contribution in [2.45, 2.75) is 0 Å². The van der Waals surface area contributed by atoms with Crippen molar-refractivity contribution in [2.24, 2.45) is 0 Å². The van der Waals surface area contributed by atoms with Crippen LogP contribution in [0.3, 0.4) is 0 Å². The lowest BCUT2D eigenvalue weighted by Gasteiger charge is -2.14. The second-order valence-electron chi connectivity index (χ2n) is 32.0. The molecule has 0 fully saturated rings. The maximum atomic E-state index is 6.31. The fourth-order valence-corrected chi connectivity index (χ4v) is 19.0. The van der Waals surface area contributed by atoms with Gasteiger partial charge >= 0.3 is 0 Å². The van der Waals surface area contributed by atoms with Crippen molar-refractivity contribution in [1.29, 1.82) is 0 Å². The molecule has 8 heterocycles. The quantitative estimate of drug-likeness (QED) is 0.118. The molecule has 0 saturated heterocycles. The molecule has 0 spiro atoms. The fraction of sp³-hybridized carbons (Fsp3) is 0. The minimum absolute atomic E-state index is 0.577. The van der Waals surface area contributed by atoms with E-state index < -0.39 is 0 Å². The first kappa shape index (κ1) is 71.7. The zero-order chi connectivity index (χ0) is 82.9. The first-order valence-corrected chi connectivity index (χ1v) is 42.4. The van der Waals surface area contributed by atoms with Crippen molar-refractivity contribution < 1.29 is 8.83 Å². The molecule has 0 aliphatic heterocycles. The van der Waals surface area contributed by atoms with Crippen LogP contribution < -0.4 is 0 Å². The summed E-state index contributed by atoms with van der Waals surface area (Å²) in [7, 11) is 0. The summed E-state index contributed by atoms with van der Waals surface area (Å²) < 4.78 is 22.3. The molecule has 26 rings (SSSR count). The van der Waals surface area contributed by atoms with Crippen LogP contribution in [0.2, 0.25) is 0 Å². The van der Waals surface area contributed by atoms with Gasteiger partial charge in [-0.2, -0.15) is 0 Å². The van der Waals surface area contributed by atoms with Gasteiger partial charge in [-0.15, -0.1) is 0 Å². The van der Waals surface area contributed by atoms with Crippen molar-refractivity contribution in [3.05, 3.63) is 425 Å². The van der Waals surface area contributed by atoms with Crippen molar-refractivity contribution in [3.8, 4) is 113 Å². The van der Waals surface area contributed by atoms with Crippen LogP contribution in [0, 0.1) is 0 Å². The predicted molar refractivity (Wildman–Crippen MR) is 515 cm³/mol. The Kier molecular flexibility index (Phi) is 16.7. The Morgan fingerprint density at radius 1 is 0.159 bits per heavy atom. The smallest absolute Gasteiger partial charge is 0.164 e. The van der Waals surface area contributed by atoms with Crippen molar-refractivity contribution in [3.63, 3.8) is 0 Å². The van der Waals surface area contributed by atoms with Crippen LogP contribution >= 0.6 is 0 Å². The number of furan rings is 2. The van der Waals surface area contributed by atoms with Gasteiger partial charge in [0.2, 0.25) is 0 Å². The molecule has 126 heavy (non-hydrogen) atoms. The number of rotatable bonds is 12. The zero-order valence-corrected chi connectivity index (χ0v) is 67.7. The number of aromatic nitrogens is 10. The maximum Gasteiger partial charge on any atom is 0.164 e. The van der Waals surface area contributed by atoms with Gasteiger partial charge < -0.3 is 27.1 Å². The first-order valence-electron chi connectivity index (χ1n) is 42.4. The van der Waals surface area contributed by atoms with Crippen molar-refractivity contribution >= 4 is 131 Å². The highest BCUT2D eigenvalue weighted by Gasteiger charge is 2.27. The van der Waals surface area contributed by atoms with Crippen LogP contribution in [0.15, 0.2) is 433 Å². The molecule has 8 aromatic heterocycles. The van der Waals surface area contributed by atoms with E-state index in [-0.39, 0.29) is 0 Å². The molecule has 0 saturated carbocycles. The number of benzene rings is 18. The van der Waals surface area contributed by atoms with E-state index in [4.69, 9.17) is 38.7 Å². The van der Waals surface area contributed by atoms with Gasteiger partial charge in [-0.1, -0.05) is 322 Å². The SMILES string of the molecule is c1ccc(-c2ccc(-n3c4ccccc4c4ccc5c6ccccc6n(-c6cccc(-c7nc(-c8ccccc8)nc(-c8ccc9c(c8)oc8ccccc89)n7)c6)c5c43)cc2)cc1.c1ccc(-c2ccc(-n3c4ccccc4c4ccc5c6ccccc6n(-c6cccc(-c7nc(-c8ccccc8)nc(-c8cccc9oc%10ccccc%10c89)n7)c6)c5c43)cc2)cc1. The molecular weight excluding hydrogens is 1540 g/mol. The Hall–Kier alpha value is -17.2. The molecular formula is C114H70N10O2. The minimum Gasteiger partial charge on any atom is -0.456 e. The third-order valence-electron chi connectivity index (χ3n) is 24.7. The standard InChI is InChI=1S/2C57H35N5O/c1-3-15-36(16-4-1)37-29-31-40(32-30-37)61-48-25-10-7-21-42(48)44-33-34-45-43-22-8-11-26-49(43)62(54(45)53(44)61)41-20-13-19-39(35-41)56-58-55(38-17-5-2-6-18-38)59-57(60-56)47-24-14-28-51-52(47)46-23-9-12-27-50(46)63-51;1-3-14-36(15-4-1)37-26-29-41(30-27-37)61-49-23-10-7-20-43(49)47-32-33-48-44-21-8-11-24-50(44)62(54(48)53(47)61)42-19-13-18-39(34-42)56-58-55(38-16-5-2-6-17-38)59-57(60-56)40-28-31-46-45-22-9-12-25-51(45)63-52(46)35-40/h2*1-35H. The molecule has 588 valence electrons. The van der Waals surface area contributed by atoms with Gasteiger partial charge in [0.05, 0.1) is 44.1 Å². The lowest BCUT2D eigenvalue weighted by molar-refractivity contribution is 0.668. The van der Waals surface area contributed by atoms with Crippen molar-refractivity contribution in [1.82, 2.24) is 48.2 Å². The second-order valence-corrected chi connectivity index (χ2v) is 32.0. The van der Waals surface area contributed by atoms with Gasteiger partial charge in [0, 0.05) is 121 Å². The minimum atomic E-state index is 0.577. The molecule has 12 nitrogen and oxygen atoms in total. The molecule has 18 aromatic carbocycles. The summed E-state index contributed by atoms with van der Waals surface area (Å²) in [5.41, 5.74) is 26.7. The number of nitrogens with zero attached hydrogens (tertiary/aromatic N) is 10. The van der Waals surface area contributed by atoms with E-state index in [1.807, 2.05) is 115 Å². The normalized spacial score (nSPS) is 11.8. The number of hydrogen-bond donors (Lipinski definition) is 0. The summed E-state index contributed by atoms with van der Waals surface area (Å²) in [6.45, 7) is 0. The van der Waals surface area contributed by atoms with E-state index in [1.165, 1.54) is 65.3 Å². The monoisotopic (exact) mass is 1610 g/mol. The molecule has 0 aliphatic rings. The summed E-state index contributed by atoms with van der Waals surface area (Å²) in [5, 5.41) is 13.7. The highest BCUT2D eigenvalue weighted by Crippen LogP contribution is 2.47. The largest absolute Gasteiger partial charge is 0.456 e. The third kappa shape index (κ3) is 11.8. The highest BCUT2D eigenvalue weighted by atomic mass is 16.3. The van der Waals surface area contributed by atoms with E-state index in [1.54, 1.807) is 0 Å². The molecule has 0 unspecified atom stereocenters. The molecule has 0 N–H and O–H groups in total. The van der Waals surface area contributed by atoms with Gasteiger partial charge in [0.15, 0.2) is 34.9 Å². The van der Waals surface area contributed by atoms with E-state index in [2.05, 4.69) is 328 Å². The lowest BCUT2D eigenvalue weighted by Crippen LogP contribution is -2.02. The van der Waals surface area contributed by atoms with E-state index in [0.29, 0.717) is 34.9 Å². The fourth-order valence-electron chi connectivity index (χ4n) is 19.0. The topological polar surface area (TPSA) is 123 Å². The average molecular weight is 1610 g/mol. The van der Waals surface area contributed by atoms with Gasteiger partial charge in [-0.3, -0.25) is 0 Å². The average Bonchev–Trinajstić information content (AvgIpc) is 1.55. The Labute approximate surface area is 721 Å². The predicted octanol–water partition coefficient (Wildman–Crippen LogP) is 29.3. The van der Waals surface area contributed by atoms with Crippen LogP contribution in [0.5, 0.6) is 0 Å². The molecule has 26 aromatic rings. The van der Waals surface area contributed by atoms with Gasteiger partial charge in [-0.05, 0) is 125 Å². The van der Waals surface area contributed by atoms with Crippen LogP contribution in [0.4, 0.5) is 0 Å². The van der Waals surface area contributed by atoms with Gasteiger partial charge in [-0.25, -0.2) is 29.9 Å². The van der Waals surface area contributed by atoms with Crippen LogP contribution in [-0.4, -0.2) is 48.2 Å². The number of hydrogen-bond acceptors (Lipinski definition) is 8. The Morgan fingerprint density at radius 2 is 0.437 bits per heavy atom. The number of fused-ring (bicyclic) bond motifs is 20. The van der Waals surface area contributed by atoms with Crippen LogP contribution in [0.25, 0.3) is 244 Å². The summed E-state index contributed by atoms with van der Waals surface area (Å²) >= 11 is 0. The highest BCUT2D eigenvalue weighted by molar-refractivity contribution is 6.26. The summed E-state index contributed by atoms with van der Waals surface area (Å²) in [6.07, 6.45) is 0. The molecule has 0 aliphatic carbocycles. The Bertz CT molecular complexity index is 8830. The maximum absolute atomic E-state index is 6.31. The molecule has 0 radical (unpaired) electrons. The zero-order valence-electron chi connectivity index (χ0n) is 67.7. The number of para-hydroxylation sites is 6. The van der Waals surface area contributed by atoms with Gasteiger partial charge in [0.25, 0.3) is 0 Å². The van der Waals surface area contributed by atoms with Crippen molar-refractivity contribution in [2.75, 3.05) is 0 Å². The molecule has 0 bridgehead atoms.